The van der Waals surface area contributed by atoms with Crippen LogP contribution in [0.3, 0.4) is 0 Å². The SMILES string of the molecule is O=[P+](O)OCCOCCS(=O)(=O)C(F)(F)C(F)OC(F)(F)C(F)(F)C(F)(F)F. The van der Waals surface area contributed by atoms with E-state index >= 15 is 0 Å². The number of rotatable bonds is 12. The van der Waals surface area contributed by atoms with Gasteiger partial charge in [0.2, 0.25) is 9.84 Å². The van der Waals surface area contributed by atoms with Crippen molar-refractivity contribution >= 4 is 18.1 Å². The summed E-state index contributed by atoms with van der Waals surface area (Å²) < 4.78 is 169. The highest BCUT2D eigenvalue weighted by Gasteiger charge is 2.76. The van der Waals surface area contributed by atoms with Crippen molar-refractivity contribution in [1.29, 1.82) is 0 Å². The molecule has 0 radical (unpaired) electrons. The summed E-state index contributed by atoms with van der Waals surface area (Å²) in [7, 11) is -9.13. The normalized spacial score (nSPS) is 16.2. The van der Waals surface area contributed by atoms with Gasteiger partial charge in [0.25, 0.3) is 6.36 Å². The second-order valence-electron chi connectivity index (χ2n) is 4.59. The Labute approximate surface area is 150 Å². The molecule has 0 amide bonds. The molecule has 2 unspecified atom stereocenters. The monoisotopic (exact) mass is 483 g/mol. The van der Waals surface area contributed by atoms with Crippen LogP contribution < -0.4 is 0 Å². The Morgan fingerprint density at radius 3 is 1.86 bits per heavy atom. The number of ether oxygens (including phenoxy) is 2. The van der Waals surface area contributed by atoms with Crippen molar-refractivity contribution in [3.05, 3.63) is 0 Å². The van der Waals surface area contributed by atoms with Crippen LogP contribution in [0.15, 0.2) is 0 Å². The Balaban J connectivity index is 5.03. The van der Waals surface area contributed by atoms with E-state index in [0.717, 1.165) is 0 Å². The molecule has 168 valence electrons. The molecule has 0 heterocycles. The van der Waals surface area contributed by atoms with Crippen LogP contribution in [0, 0.1) is 0 Å². The summed E-state index contributed by atoms with van der Waals surface area (Å²) in [6.45, 7) is -2.42. The van der Waals surface area contributed by atoms with Gasteiger partial charge in [-0.25, -0.2) is 12.8 Å². The topological polar surface area (TPSA) is 99.1 Å². The number of sulfone groups is 1. The molecule has 2 atom stereocenters. The standard InChI is InChI=1S/C9H9F10O7PS/c10-5(26-9(18,19)7(13,14)8(15,16)17)6(11,12)28(22,23)4-3-24-1-2-25-27(20)21/h5H,1-4H2/p+1. The predicted octanol–water partition coefficient (Wildman–Crippen LogP) is 2.78. The molecule has 0 spiro atoms. The molecule has 19 heteroatoms. The average molecular weight is 483 g/mol. The molecule has 0 aromatic heterocycles. The van der Waals surface area contributed by atoms with Crippen LogP contribution in [0.1, 0.15) is 0 Å². The Hall–Kier alpha value is -0.810. The lowest BCUT2D eigenvalue weighted by Crippen LogP contribution is -2.56. The zero-order valence-corrected chi connectivity index (χ0v) is 14.6. The van der Waals surface area contributed by atoms with Gasteiger partial charge in [0, 0.05) is 4.57 Å². The molecular formula is C9H10F10O7PS+. The fourth-order valence-electron chi connectivity index (χ4n) is 1.16. The molecule has 0 aliphatic rings. The molecule has 0 saturated carbocycles. The van der Waals surface area contributed by atoms with E-state index in [1.54, 1.807) is 0 Å². The van der Waals surface area contributed by atoms with Crippen molar-refractivity contribution in [2.45, 2.75) is 29.8 Å². The zero-order valence-electron chi connectivity index (χ0n) is 12.9. The minimum absolute atomic E-state index is 0.615. The summed E-state index contributed by atoms with van der Waals surface area (Å²) >= 11 is 0. The third kappa shape index (κ3) is 6.62. The van der Waals surface area contributed by atoms with Crippen LogP contribution in [0.5, 0.6) is 0 Å². The minimum atomic E-state index is -7.11. The van der Waals surface area contributed by atoms with E-state index < -0.39 is 73.5 Å². The van der Waals surface area contributed by atoms with Crippen LogP contribution in [-0.4, -0.2) is 68.7 Å². The average Bonchev–Trinajstić information content (AvgIpc) is 2.48. The van der Waals surface area contributed by atoms with E-state index in [4.69, 9.17) is 4.89 Å². The van der Waals surface area contributed by atoms with Gasteiger partial charge in [-0.2, -0.15) is 39.5 Å². The van der Waals surface area contributed by atoms with Gasteiger partial charge in [0.15, 0.2) is 0 Å². The number of alkyl halides is 10. The highest BCUT2D eigenvalue weighted by atomic mass is 32.2. The Morgan fingerprint density at radius 1 is 0.929 bits per heavy atom. The predicted molar refractivity (Wildman–Crippen MR) is 67.3 cm³/mol. The zero-order chi connectivity index (χ0) is 22.6. The molecule has 0 aliphatic heterocycles. The Morgan fingerprint density at radius 2 is 1.43 bits per heavy atom. The molecule has 7 nitrogen and oxygen atoms in total. The van der Waals surface area contributed by atoms with Crippen LogP contribution in [-0.2, 0) is 28.4 Å². The molecule has 1 N–H and O–H groups in total. The maximum atomic E-state index is 13.4. The highest BCUT2D eigenvalue weighted by Crippen LogP contribution is 2.48. The van der Waals surface area contributed by atoms with Crippen LogP contribution >= 0.6 is 8.25 Å². The van der Waals surface area contributed by atoms with Crippen molar-refractivity contribution in [3.63, 3.8) is 0 Å². The fourth-order valence-corrected chi connectivity index (χ4v) is 2.33. The van der Waals surface area contributed by atoms with Gasteiger partial charge in [0.1, 0.15) is 6.61 Å². The van der Waals surface area contributed by atoms with Crippen molar-refractivity contribution in [1.82, 2.24) is 0 Å². The van der Waals surface area contributed by atoms with Gasteiger partial charge in [-0.15, -0.1) is 9.42 Å². The molecule has 0 aliphatic carbocycles. The van der Waals surface area contributed by atoms with E-state index in [0.29, 0.717) is 0 Å². The van der Waals surface area contributed by atoms with Crippen LogP contribution in [0.2, 0.25) is 0 Å². The first-order chi connectivity index (χ1) is 12.3. The molecule has 0 rings (SSSR count). The summed E-state index contributed by atoms with van der Waals surface area (Å²) in [6, 6.07) is 0. The smallest absolute Gasteiger partial charge is 0.378 e. The molecule has 0 aromatic rings. The molecule has 0 saturated heterocycles. The van der Waals surface area contributed by atoms with Crippen LogP contribution in [0.4, 0.5) is 43.9 Å². The lowest BCUT2D eigenvalue weighted by atomic mass is 10.3. The van der Waals surface area contributed by atoms with E-state index in [1.807, 2.05) is 0 Å². The molecule has 0 aromatic carbocycles. The summed E-state index contributed by atoms with van der Waals surface area (Å²) in [4.78, 5) is 8.20. The molecule has 0 fully saturated rings. The van der Waals surface area contributed by atoms with Gasteiger partial charge in [-0.1, -0.05) is 0 Å². The van der Waals surface area contributed by atoms with E-state index in [9.17, 15) is 56.9 Å². The second kappa shape index (κ2) is 9.34. The first kappa shape index (κ1) is 27.2. The first-order valence-electron chi connectivity index (χ1n) is 6.40. The Kier molecular flexibility index (Phi) is 9.07. The van der Waals surface area contributed by atoms with Crippen LogP contribution in [0.25, 0.3) is 0 Å². The van der Waals surface area contributed by atoms with Gasteiger partial charge >= 0.3 is 31.7 Å². The molecular weight excluding hydrogens is 473 g/mol. The third-order valence-electron chi connectivity index (χ3n) is 2.58. The first-order valence-corrected chi connectivity index (χ1v) is 9.19. The van der Waals surface area contributed by atoms with Gasteiger partial charge in [0.05, 0.1) is 19.0 Å². The second-order valence-corrected chi connectivity index (χ2v) is 7.50. The van der Waals surface area contributed by atoms with Gasteiger partial charge in [-0.05, 0) is 0 Å². The van der Waals surface area contributed by atoms with Crippen molar-refractivity contribution in [3.8, 4) is 0 Å². The van der Waals surface area contributed by atoms with E-state index in [2.05, 4.69) is 14.0 Å². The van der Waals surface area contributed by atoms with Crippen molar-refractivity contribution < 1.29 is 75.8 Å². The van der Waals surface area contributed by atoms with Gasteiger partial charge in [-0.3, -0.25) is 4.74 Å². The number of halogens is 10. The fraction of sp³-hybridized carbons (Fsp3) is 1.00. The maximum absolute atomic E-state index is 13.4. The summed E-state index contributed by atoms with van der Waals surface area (Å²) in [6.07, 6.45) is -19.0. The highest BCUT2D eigenvalue weighted by molar-refractivity contribution is 7.92. The third-order valence-corrected chi connectivity index (χ3v) is 4.70. The largest absolute Gasteiger partial charge is 0.694 e. The lowest BCUT2D eigenvalue weighted by molar-refractivity contribution is -0.446. The number of hydrogen-bond acceptors (Lipinski definition) is 6. The molecule has 0 bridgehead atoms. The number of hydrogen-bond donors (Lipinski definition) is 1. The minimum Gasteiger partial charge on any atom is -0.378 e. The molecule has 28 heavy (non-hydrogen) atoms. The summed E-state index contributed by atoms with van der Waals surface area (Å²) in [5.41, 5.74) is 0. The summed E-state index contributed by atoms with van der Waals surface area (Å²) in [5, 5.41) is -5.95. The lowest BCUT2D eigenvalue weighted by Gasteiger charge is -2.30. The summed E-state index contributed by atoms with van der Waals surface area (Å²) in [5.74, 6) is -8.92. The quantitative estimate of drug-likeness (QED) is 0.259. The Bertz CT molecular complexity index is 638. The van der Waals surface area contributed by atoms with Crippen molar-refractivity contribution in [2.75, 3.05) is 25.6 Å². The van der Waals surface area contributed by atoms with E-state index in [1.165, 1.54) is 0 Å². The van der Waals surface area contributed by atoms with Crippen molar-refractivity contribution in [2.24, 2.45) is 0 Å². The van der Waals surface area contributed by atoms with Gasteiger partial charge < -0.3 is 4.74 Å². The van der Waals surface area contributed by atoms with E-state index in [-0.39, 0.29) is 0 Å². The maximum Gasteiger partial charge on any atom is 0.694 e.